The number of nitrogens with zero attached hydrogens (tertiary/aromatic N) is 3. The number of ether oxygens (including phenoxy) is 1. The quantitative estimate of drug-likeness (QED) is 0.494. The lowest BCUT2D eigenvalue weighted by Gasteiger charge is -2.31. The number of rotatable bonds is 10. The Morgan fingerprint density at radius 2 is 1.89 bits per heavy atom. The molecule has 1 saturated carbocycles. The molecule has 0 unspecified atom stereocenters. The number of hydrogen-bond acceptors (Lipinski definition) is 6. The maximum Gasteiger partial charge on any atom is 0.239 e. The third kappa shape index (κ3) is 6.77. The smallest absolute Gasteiger partial charge is 0.239 e. The molecule has 2 aromatic carbocycles. The second-order valence-electron chi connectivity index (χ2n) is 9.60. The number of carbonyl (C=O) groups is 2. The van der Waals surface area contributed by atoms with Crippen molar-refractivity contribution in [2.45, 2.75) is 64.1 Å². The van der Waals surface area contributed by atoms with E-state index in [0.29, 0.717) is 50.0 Å². The van der Waals surface area contributed by atoms with Crippen LogP contribution in [0.5, 0.6) is 5.75 Å². The van der Waals surface area contributed by atoms with Gasteiger partial charge in [-0.15, -0.1) is 0 Å². The molecule has 0 bridgehead atoms. The van der Waals surface area contributed by atoms with Crippen LogP contribution in [0.15, 0.2) is 53.5 Å². The highest BCUT2D eigenvalue weighted by atomic mass is 16.5. The van der Waals surface area contributed by atoms with E-state index in [1.807, 2.05) is 60.5 Å². The predicted octanol–water partition coefficient (Wildman–Crippen LogP) is 3.71. The van der Waals surface area contributed by atoms with Gasteiger partial charge in [0.15, 0.2) is 5.96 Å². The van der Waals surface area contributed by atoms with Crippen LogP contribution in [0.1, 0.15) is 56.1 Å². The molecule has 2 aliphatic rings. The molecule has 0 aromatic heterocycles. The Kier molecular flexibility index (Phi) is 8.81. The summed E-state index contributed by atoms with van der Waals surface area (Å²) >= 11 is 0. The summed E-state index contributed by atoms with van der Waals surface area (Å²) in [5.74, 6) is 1.01. The number of amides is 2. The largest absolute Gasteiger partial charge is 0.491 e. The summed E-state index contributed by atoms with van der Waals surface area (Å²) < 4.78 is 6.00. The Morgan fingerprint density at radius 1 is 1.11 bits per heavy atom. The van der Waals surface area contributed by atoms with Gasteiger partial charge in [-0.05, 0) is 30.9 Å². The summed E-state index contributed by atoms with van der Waals surface area (Å²) in [7, 11) is 1.93. The minimum atomic E-state index is -0.115. The van der Waals surface area contributed by atoms with E-state index in [-0.39, 0.29) is 24.3 Å². The first kappa shape index (κ1) is 25.5. The molecular formula is C28H37N5O3. The van der Waals surface area contributed by atoms with Crippen molar-refractivity contribution in [1.29, 1.82) is 0 Å². The molecular weight excluding hydrogens is 454 g/mol. The molecule has 192 valence electrons. The van der Waals surface area contributed by atoms with E-state index in [2.05, 4.69) is 10.3 Å². The molecule has 3 N–H and O–H groups in total. The molecule has 1 fully saturated rings. The fourth-order valence-corrected chi connectivity index (χ4v) is 4.83. The molecule has 36 heavy (non-hydrogen) atoms. The lowest BCUT2D eigenvalue weighted by atomic mass is 9.94. The van der Waals surface area contributed by atoms with Gasteiger partial charge >= 0.3 is 0 Å². The van der Waals surface area contributed by atoms with Crippen LogP contribution in [0.3, 0.4) is 0 Å². The van der Waals surface area contributed by atoms with Crippen LogP contribution in [0.4, 0.5) is 5.69 Å². The Labute approximate surface area is 213 Å². The lowest BCUT2D eigenvalue weighted by molar-refractivity contribution is -0.132. The van der Waals surface area contributed by atoms with Gasteiger partial charge in [-0.3, -0.25) is 9.59 Å². The van der Waals surface area contributed by atoms with Gasteiger partial charge in [0.2, 0.25) is 11.8 Å². The van der Waals surface area contributed by atoms with Crippen LogP contribution < -0.4 is 15.8 Å². The number of nitrogens with one attached hydrogen (secondary N) is 1. The van der Waals surface area contributed by atoms with Crippen molar-refractivity contribution in [2.75, 3.05) is 20.2 Å². The summed E-state index contributed by atoms with van der Waals surface area (Å²) in [5, 5.41) is 2.93. The number of para-hydroxylation sites is 1. The lowest BCUT2D eigenvalue weighted by Crippen LogP contribution is -2.44. The number of nitrogens with two attached hydrogens (primary N) is 1. The minimum Gasteiger partial charge on any atom is -0.491 e. The first-order valence-electron chi connectivity index (χ1n) is 12.9. The van der Waals surface area contributed by atoms with E-state index >= 15 is 0 Å². The topological polar surface area (TPSA) is 100 Å². The van der Waals surface area contributed by atoms with Crippen molar-refractivity contribution in [2.24, 2.45) is 10.7 Å². The second-order valence-corrected chi connectivity index (χ2v) is 9.60. The van der Waals surface area contributed by atoms with Gasteiger partial charge < -0.3 is 25.6 Å². The molecule has 8 heteroatoms. The van der Waals surface area contributed by atoms with E-state index in [4.69, 9.17) is 10.5 Å². The number of aliphatic imine (C=N–C) groups is 1. The zero-order chi connectivity index (χ0) is 25.3. The zero-order valence-corrected chi connectivity index (χ0v) is 21.1. The fourth-order valence-electron chi connectivity index (χ4n) is 4.83. The minimum absolute atomic E-state index is 0.115. The molecule has 0 radical (unpaired) electrons. The van der Waals surface area contributed by atoms with Gasteiger partial charge in [0.25, 0.3) is 0 Å². The highest BCUT2D eigenvalue weighted by molar-refractivity contribution is 5.89. The summed E-state index contributed by atoms with van der Waals surface area (Å²) in [6.45, 7) is 1.51. The average Bonchev–Trinajstić information content (AvgIpc) is 2.91. The highest BCUT2D eigenvalue weighted by Gasteiger charge is 2.23. The third-order valence-corrected chi connectivity index (χ3v) is 6.97. The summed E-state index contributed by atoms with van der Waals surface area (Å²) in [4.78, 5) is 33.3. The molecule has 0 atom stereocenters. The standard InChI is InChI=1S/C28H37N5O3/c1-32(23-13-6-3-7-14-23)26(35)16-9-17-36-24-15-8-12-22-19-33(28(29)31-27(22)24)20-25(34)30-18-21-10-4-2-5-11-21/h2,4-5,8,10-12,15,23H,3,6-7,9,13-14,16-20H2,1H3,(H2,29,31)(H,30,34). The van der Waals surface area contributed by atoms with Crippen LogP contribution in [0.2, 0.25) is 0 Å². The van der Waals surface area contributed by atoms with Crippen LogP contribution >= 0.6 is 0 Å². The number of hydrogen-bond donors (Lipinski definition) is 2. The third-order valence-electron chi connectivity index (χ3n) is 6.97. The Morgan fingerprint density at radius 3 is 2.67 bits per heavy atom. The fraction of sp³-hybridized carbons (Fsp3) is 0.464. The van der Waals surface area contributed by atoms with Gasteiger partial charge in [-0.25, -0.2) is 4.99 Å². The number of fused-ring (bicyclic) bond motifs is 1. The van der Waals surface area contributed by atoms with E-state index in [0.717, 1.165) is 24.0 Å². The summed E-state index contributed by atoms with van der Waals surface area (Å²) in [6, 6.07) is 15.9. The summed E-state index contributed by atoms with van der Waals surface area (Å²) in [6.07, 6.45) is 7.04. The summed E-state index contributed by atoms with van der Waals surface area (Å²) in [5.41, 5.74) is 8.90. The molecule has 2 amide bonds. The molecule has 4 rings (SSSR count). The van der Waals surface area contributed by atoms with Crippen molar-refractivity contribution in [1.82, 2.24) is 15.1 Å². The van der Waals surface area contributed by atoms with Crippen molar-refractivity contribution in [3.8, 4) is 5.75 Å². The van der Waals surface area contributed by atoms with Crippen molar-refractivity contribution in [3.63, 3.8) is 0 Å². The zero-order valence-electron chi connectivity index (χ0n) is 21.1. The molecule has 1 aliphatic heterocycles. The monoisotopic (exact) mass is 491 g/mol. The van der Waals surface area contributed by atoms with Gasteiger partial charge in [0.05, 0.1) is 13.2 Å². The molecule has 1 heterocycles. The van der Waals surface area contributed by atoms with Gasteiger partial charge in [-0.2, -0.15) is 0 Å². The highest BCUT2D eigenvalue weighted by Crippen LogP contribution is 2.35. The maximum absolute atomic E-state index is 12.6. The molecule has 8 nitrogen and oxygen atoms in total. The van der Waals surface area contributed by atoms with Gasteiger partial charge in [-0.1, -0.05) is 61.7 Å². The van der Waals surface area contributed by atoms with E-state index in [1.165, 1.54) is 19.3 Å². The maximum atomic E-state index is 12.6. The van der Waals surface area contributed by atoms with Gasteiger partial charge in [0, 0.05) is 38.2 Å². The Bertz CT molecular complexity index is 1070. The van der Waals surface area contributed by atoms with E-state index < -0.39 is 0 Å². The van der Waals surface area contributed by atoms with Crippen molar-refractivity contribution < 1.29 is 14.3 Å². The molecule has 2 aromatic rings. The van der Waals surface area contributed by atoms with Crippen LogP contribution in [0, 0.1) is 0 Å². The SMILES string of the molecule is CN(C(=O)CCCOc1cccc2c1N=C(N)N(CC(=O)NCc1ccccc1)C2)C1CCCCC1. The molecule has 1 aliphatic carbocycles. The van der Waals surface area contributed by atoms with Crippen LogP contribution in [-0.4, -0.2) is 53.8 Å². The normalized spacial score (nSPS) is 15.6. The molecule has 0 saturated heterocycles. The second kappa shape index (κ2) is 12.4. The predicted molar refractivity (Wildman–Crippen MR) is 141 cm³/mol. The van der Waals surface area contributed by atoms with Crippen molar-refractivity contribution >= 4 is 23.5 Å². The first-order chi connectivity index (χ1) is 17.5. The molecule has 0 spiro atoms. The van der Waals surface area contributed by atoms with Crippen LogP contribution in [0.25, 0.3) is 0 Å². The number of guanidine groups is 1. The van der Waals surface area contributed by atoms with Crippen LogP contribution in [-0.2, 0) is 22.7 Å². The Balaban J connectivity index is 1.26. The average molecular weight is 492 g/mol. The first-order valence-corrected chi connectivity index (χ1v) is 12.9. The van der Waals surface area contributed by atoms with E-state index in [1.54, 1.807) is 4.90 Å². The van der Waals surface area contributed by atoms with E-state index in [9.17, 15) is 9.59 Å². The number of carbonyl (C=O) groups excluding carboxylic acids is 2. The number of benzene rings is 2. The van der Waals surface area contributed by atoms with Crippen molar-refractivity contribution in [3.05, 3.63) is 59.7 Å². The Hall–Kier alpha value is -3.55. The van der Waals surface area contributed by atoms with Gasteiger partial charge in [0.1, 0.15) is 11.4 Å².